The van der Waals surface area contributed by atoms with Gasteiger partial charge < -0.3 is 9.84 Å². The van der Waals surface area contributed by atoms with Crippen LogP contribution in [0.5, 0.6) is 0 Å². The number of hydrogen-bond donors (Lipinski definition) is 1. The zero-order chi connectivity index (χ0) is 13.5. The lowest BCUT2D eigenvalue weighted by molar-refractivity contribution is -0.195. The molecule has 0 amide bonds. The van der Waals surface area contributed by atoms with Crippen molar-refractivity contribution >= 4 is 0 Å². The molecule has 0 spiro atoms. The number of aliphatic hydroxyl groups excluding tert-OH is 1. The maximum atomic E-state index is 9.73. The number of fused-ring (bicyclic) bond motifs is 3. The van der Waals surface area contributed by atoms with E-state index in [0.717, 1.165) is 5.92 Å². The maximum Gasteiger partial charge on any atom is 0.0685 e. The van der Waals surface area contributed by atoms with E-state index >= 15 is 0 Å². The summed E-state index contributed by atoms with van der Waals surface area (Å²) in [4.78, 5) is 0. The highest BCUT2D eigenvalue weighted by molar-refractivity contribution is 5.08. The van der Waals surface area contributed by atoms with Crippen LogP contribution < -0.4 is 0 Å². The Balaban J connectivity index is 1.88. The second-order valence-electron chi connectivity index (χ2n) is 7.44. The molecule has 0 aromatic carbocycles. The van der Waals surface area contributed by atoms with Gasteiger partial charge in [-0.2, -0.15) is 0 Å². The van der Waals surface area contributed by atoms with Crippen LogP contribution in [-0.4, -0.2) is 23.9 Å². The molecule has 2 aliphatic carbocycles. The third-order valence-corrected chi connectivity index (χ3v) is 5.66. The lowest BCUT2D eigenvalue weighted by Gasteiger charge is -2.53. The van der Waals surface area contributed by atoms with Crippen molar-refractivity contribution in [2.75, 3.05) is 6.61 Å². The van der Waals surface area contributed by atoms with Crippen molar-refractivity contribution in [3.8, 4) is 0 Å². The lowest BCUT2D eigenvalue weighted by atomic mass is 9.62. The Kier molecular flexibility index (Phi) is 3.74. The van der Waals surface area contributed by atoms with Gasteiger partial charge in [0, 0.05) is 5.41 Å². The number of rotatable bonds is 2. The van der Waals surface area contributed by atoms with Gasteiger partial charge in [0.2, 0.25) is 0 Å². The van der Waals surface area contributed by atoms with Crippen LogP contribution in [0, 0.1) is 23.2 Å². The van der Waals surface area contributed by atoms with Gasteiger partial charge in [-0.3, -0.25) is 0 Å². The molecule has 1 saturated carbocycles. The molecular weight excluding hydrogens is 236 g/mol. The van der Waals surface area contributed by atoms with E-state index in [2.05, 4.69) is 26.0 Å². The molecule has 0 radical (unpaired) electrons. The average molecular weight is 264 g/mol. The Morgan fingerprint density at radius 3 is 2.74 bits per heavy atom. The molecule has 108 valence electrons. The molecule has 19 heavy (non-hydrogen) atoms. The molecular formula is C17H28O2. The van der Waals surface area contributed by atoms with Gasteiger partial charge in [0.05, 0.1) is 18.8 Å². The van der Waals surface area contributed by atoms with Crippen molar-refractivity contribution in [3.05, 3.63) is 12.2 Å². The summed E-state index contributed by atoms with van der Waals surface area (Å²) in [7, 11) is 0. The molecule has 0 aromatic rings. The topological polar surface area (TPSA) is 29.5 Å². The van der Waals surface area contributed by atoms with Crippen molar-refractivity contribution in [2.24, 2.45) is 23.2 Å². The minimum absolute atomic E-state index is 0.115. The van der Waals surface area contributed by atoms with Crippen LogP contribution in [0.15, 0.2) is 12.2 Å². The molecule has 1 saturated heterocycles. The highest BCUT2D eigenvalue weighted by atomic mass is 16.5. The predicted molar refractivity (Wildman–Crippen MR) is 76.8 cm³/mol. The first-order valence-electron chi connectivity index (χ1n) is 8.06. The molecule has 2 nitrogen and oxygen atoms in total. The van der Waals surface area contributed by atoms with Crippen LogP contribution in [0.3, 0.4) is 0 Å². The van der Waals surface area contributed by atoms with Gasteiger partial charge in [0.25, 0.3) is 0 Å². The molecule has 1 aliphatic heterocycles. The van der Waals surface area contributed by atoms with Crippen LogP contribution in [-0.2, 0) is 4.74 Å². The lowest BCUT2D eigenvalue weighted by Crippen LogP contribution is -2.54. The zero-order valence-corrected chi connectivity index (χ0v) is 12.3. The Labute approximate surface area is 117 Å². The van der Waals surface area contributed by atoms with E-state index in [4.69, 9.17) is 4.74 Å². The summed E-state index contributed by atoms with van der Waals surface area (Å²) in [5.41, 5.74) is -0.115. The SMILES string of the molecule is CC(C)(CO)[C@@H]1O[C@@H]2CCCC[C@@H]2[C@H]2C=CCC[C@@H]21. The number of hydrogen-bond acceptors (Lipinski definition) is 2. The van der Waals surface area contributed by atoms with Gasteiger partial charge in [-0.1, -0.05) is 38.8 Å². The molecule has 1 heterocycles. The van der Waals surface area contributed by atoms with Gasteiger partial charge in [0.1, 0.15) is 0 Å². The molecule has 2 heteroatoms. The largest absolute Gasteiger partial charge is 0.396 e. The quantitative estimate of drug-likeness (QED) is 0.773. The molecule has 0 bridgehead atoms. The number of aliphatic hydroxyl groups is 1. The average Bonchev–Trinajstić information content (AvgIpc) is 2.46. The third-order valence-electron chi connectivity index (χ3n) is 5.66. The molecule has 5 atom stereocenters. The Bertz CT molecular complexity index is 347. The normalized spacial score (nSPS) is 42.6. The van der Waals surface area contributed by atoms with E-state index in [-0.39, 0.29) is 18.1 Å². The second-order valence-corrected chi connectivity index (χ2v) is 7.44. The molecule has 0 unspecified atom stereocenters. The summed E-state index contributed by atoms with van der Waals surface area (Å²) < 4.78 is 6.52. The van der Waals surface area contributed by atoms with Gasteiger partial charge in [-0.05, 0) is 43.4 Å². The minimum Gasteiger partial charge on any atom is -0.396 e. The first-order valence-corrected chi connectivity index (χ1v) is 8.06. The summed E-state index contributed by atoms with van der Waals surface area (Å²) in [6, 6.07) is 0. The van der Waals surface area contributed by atoms with Crippen LogP contribution in [0.4, 0.5) is 0 Å². The van der Waals surface area contributed by atoms with Crippen LogP contribution >= 0.6 is 0 Å². The van der Waals surface area contributed by atoms with Crippen LogP contribution in [0.2, 0.25) is 0 Å². The van der Waals surface area contributed by atoms with E-state index in [0.29, 0.717) is 17.9 Å². The van der Waals surface area contributed by atoms with Crippen molar-refractivity contribution in [3.63, 3.8) is 0 Å². The van der Waals surface area contributed by atoms with Crippen LogP contribution in [0.1, 0.15) is 52.4 Å². The molecule has 3 aliphatic rings. The van der Waals surface area contributed by atoms with Crippen LogP contribution in [0.25, 0.3) is 0 Å². The first-order chi connectivity index (χ1) is 9.13. The van der Waals surface area contributed by atoms with E-state index in [9.17, 15) is 5.11 Å². The number of allylic oxidation sites excluding steroid dienone is 2. The Morgan fingerprint density at radius 1 is 1.16 bits per heavy atom. The van der Waals surface area contributed by atoms with Gasteiger partial charge >= 0.3 is 0 Å². The van der Waals surface area contributed by atoms with Gasteiger partial charge in [-0.15, -0.1) is 0 Å². The van der Waals surface area contributed by atoms with Crippen molar-refractivity contribution < 1.29 is 9.84 Å². The Morgan fingerprint density at radius 2 is 1.95 bits per heavy atom. The molecule has 2 fully saturated rings. The maximum absolute atomic E-state index is 9.73. The van der Waals surface area contributed by atoms with Crippen molar-refractivity contribution in [1.29, 1.82) is 0 Å². The summed E-state index contributed by atoms with van der Waals surface area (Å²) in [6.07, 6.45) is 13.2. The highest BCUT2D eigenvalue weighted by Gasteiger charge is 2.49. The number of ether oxygens (including phenoxy) is 1. The van der Waals surface area contributed by atoms with E-state index < -0.39 is 0 Å². The van der Waals surface area contributed by atoms with E-state index in [1.54, 1.807) is 0 Å². The molecule has 0 aromatic heterocycles. The monoisotopic (exact) mass is 264 g/mol. The van der Waals surface area contributed by atoms with Crippen molar-refractivity contribution in [2.45, 2.75) is 64.6 Å². The summed E-state index contributed by atoms with van der Waals surface area (Å²) in [6.45, 7) is 4.55. The fraction of sp³-hybridized carbons (Fsp3) is 0.882. The zero-order valence-electron chi connectivity index (χ0n) is 12.3. The molecule has 3 rings (SSSR count). The smallest absolute Gasteiger partial charge is 0.0685 e. The summed E-state index contributed by atoms with van der Waals surface area (Å²) in [5, 5.41) is 9.73. The summed E-state index contributed by atoms with van der Waals surface area (Å²) >= 11 is 0. The van der Waals surface area contributed by atoms with Crippen molar-refractivity contribution in [1.82, 2.24) is 0 Å². The highest BCUT2D eigenvalue weighted by Crippen LogP contribution is 2.50. The fourth-order valence-electron chi connectivity index (χ4n) is 4.57. The van der Waals surface area contributed by atoms with Gasteiger partial charge in [-0.25, -0.2) is 0 Å². The minimum atomic E-state index is -0.115. The second kappa shape index (κ2) is 5.21. The molecule has 1 N–H and O–H groups in total. The summed E-state index contributed by atoms with van der Waals surface area (Å²) in [5.74, 6) is 2.05. The third kappa shape index (κ3) is 2.38. The first kappa shape index (κ1) is 13.6. The predicted octanol–water partition coefficient (Wildman–Crippen LogP) is 3.54. The van der Waals surface area contributed by atoms with E-state index in [1.807, 2.05) is 0 Å². The van der Waals surface area contributed by atoms with E-state index in [1.165, 1.54) is 38.5 Å². The standard InChI is InChI=1S/C17H28O2/c1-17(2,11-18)16-14-9-4-3-7-12(14)13-8-5-6-10-15(13)19-16/h3,7,12-16,18H,4-6,8-11H2,1-2H3/t12-,13-,14+,15-,16-/m1/s1. The fourth-order valence-corrected chi connectivity index (χ4v) is 4.57. The van der Waals surface area contributed by atoms with Gasteiger partial charge in [0.15, 0.2) is 0 Å². The Hall–Kier alpha value is -0.340.